The Morgan fingerprint density at radius 3 is 1.92 bits per heavy atom. The highest BCUT2D eigenvalue weighted by molar-refractivity contribution is 5.79. The molecule has 4 rings (SSSR count). The first-order valence-electron chi connectivity index (χ1n) is 10.8. The minimum absolute atomic E-state index is 0. The van der Waals surface area contributed by atoms with Crippen LogP contribution in [0.3, 0.4) is 0 Å². The lowest BCUT2D eigenvalue weighted by Crippen LogP contribution is -2.51. The van der Waals surface area contributed by atoms with Crippen molar-refractivity contribution in [2.75, 3.05) is 0 Å². The fourth-order valence-corrected chi connectivity index (χ4v) is 7.35. The molecule has 1 N–H and O–H groups in total. The average Bonchev–Trinajstić information content (AvgIpc) is 2.61. The van der Waals surface area contributed by atoms with Crippen molar-refractivity contribution in [1.82, 2.24) is 0 Å². The molecule has 3 atom stereocenters. The van der Waals surface area contributed by atoms with E-state index in [1.807, 2.05) is 0 Å². The summed E-state index contributed by atoms with van der Waals surface area (Å²) >= 11 is 0. The van der Waals surface area contributed by atoms with Gasteiger partial charge in [-0.15, -0.1) is 0 Å². The van der Waals surface area contributed by atoms with E-state index in [0.29, 0.717) is 28.4 Å². The van der Waals surface area contributed by atoms with E-state index in [1.54, 1.807) is 0 Å². The molecule has 2 nitrogen and oxygen atoms in total. The van der Waals surface area contributed by atoms with E-state index >= 15 is 0 Å². The minimum Gasteiger partial charge on any atom is -0.393 e. The van der Waals surface area contributed by atoms with Crippen molar-refractivity contribution in [3.8, 4) is 0 Å². The van der Waals surface area contributed by atoms with E-state index in [4.69, 9.17) is 0 Å². The van der Waals surface area contributed by atoms with Crippen molar-refractivity contribution in [3.05, 3.63) is 0 Å². The highest BCUT2D eigenvalue weighted by Crippen LogP contribution is 2.62. The molecule has 0 aromatic carbocycles. The Hall–Kier alpha value is -0.370. The van der Waals surface area contributed by atoms with E-state index in [0.717, 1.165) is 32.1 Å². The van der Waals surface area contributed by atoms with E-state index in [9.17, 15) is 9.90 Å². The molecule has 25 heavy (non-hydrogen) atoms. The van der Waals surface area contributed by atoms with Crippen LogP contribution in [-0.2, 0) is 4.79 Å². The molecule has 2 spiro atoms. The number of carbonyl (C=O) groups excluding carboxylic acids is 1. The Kier molecular flexibility index (Phi) is 5.98. The van der Waals surface area contributed by atoms with Crippen LogP contribution in [0, 0.1) is 22.7 Å². The number of rotatable bonds is 1. The zero-order valence-corrected chi connectivity index (χ0v) is 15.4. The second-order valence-electron chi connectivity index (χ2n) is 9.73. The second kappa shape index (κ2) is 7.71. The molecule has 0 aromatic rings. The van der Waals surface area contributed by atoms with Gasteiger partial charge in [-0.2, -0.15) is 0 Å². The summed E-state index contributed by atoms with van der Waals surface area (Å²) in [5.74, 6) is 1.71. The third-order valence-corrected chi connectivity index (χ3v) is 8.61. The molecule has 0 amide bonds. The average molecular weight is 349 g/mol. The molecule has 3 unspecified atom stereocenters. The molecule has 144 valence electrons. The van der Waals surface area contributed by atoms with Gasteiger partial charge < -0.3 is 5.11 Å². The highest BCUT2D eigenvalue weighted by atomic mass is 16.3. The summed E-state index contributed by atoms with van der Waals surface area (Å²) in [6.07, 6.45) is 19.6. The standard InChI is InChI=1S/C22H36O2.CH4/c23-17-7-13-21(9-3-1-4-10-21)19(15-17)20-16-18(24)8-14-22(20)11-5-2-6-12-22;/h17,19-20,23H,1-16H2;1H4. The van der Waals surface area contributed by atoms with Gasteiger partial charge in [0.1, 0.15) is 5.78 Å². The van der Waals surface area contributed by atoms with Gasteiger partial charge in [0.2, 0.25) is 0 Å². The monoisotopic (exact) mass is 348 g/mol. The van der Waals surface area contributed by atoms with Crippen LogP contribution >= 0.6 is 0 Å². The Bertz CT molecular complexity index is 457. The second-order valence-corrected chi connectivity index (χ2v) is 9.73. The lowest BCUT2D eigenvalue weighted by Gasteiger charge is -2.58. The maximum Gasteiger partial charge on any atom is 0.133 e. The molecule has 2 heteroatoms. The maximum atomic E-state index is 12.4. The summed E-state index contributed by atoms with van der Waals surface area (Å²) < 4.78 is 0. The normalized spacial score (nSPS) is 37.6. The minimum atomic E-state index is -0.111. The van der Waals surface area contributed by atoms with E-state index in [1.165, 1.54) is 70.6 Å². The Morgan fingerprint density at radius 2 is 1.32 bits per heavy atom. The van der Waals surface area contributed by atoms with Crippen molar-refractivity contribution < 1.29 is 9.90 Å². The van der Waals surface area contributed by atoms with Crippen LogP contribution in [0.25, 0.3) is 0 Å². The fourth-order valence-electron chi connectivity index (χ4n) is 7.35. The summed E-state index contributed by atoms with van der Waals surface area (Å²) in [7, 11) is 0. The van der Waals surface area contributed by atoms with Gasteiger partial charge >= 0.3 is 0 Å². The summed E-state index contributed by atoms with van der Waals surface area (Å²) in [5.41, 5.74) is 0.905. The molecule has 4 saturated carbocycles. The topological polar surface area (TPSA) is 37.3 Å². The first-order valence-corrected chi connectivity index (χ1v) is 10.8. The number of ketones is 1. The molecule has 0 aliphatic heterocycles. The molecule has 0 aromatic heterocycles. The van der Waals surface area contributed by atoms with Crippen molar-refractivity contribution in [1.29, 1.82) is 0 Å². The largest absolute Gasteiger partial charge is 0.393 e. The molecule has 0 saturated heterocycles. The number of Topliss-reactive ketones (excluding diaryl/α,β-unsaturated/α-hetero) is 1. The number of hydrogen-bond donors (Lipinski definition) is 1. The smallest absolute Gasteiger partial charge is 0.133 e. The predicted octanol–water partition coefficient (Wildman–Crippen LogP) is 6.05. The Balaban J connectivity index is 0.00000182. The van der Waals surface area contributed by atoms with Crippen LogP contribution in [0.5, 0.6) is 0 Å². The van der Waals surface area contributed by atoms with Crippen molar-refractivity contribution in [2.24, 2.45) is 22.7 Å². The van der Waals surface area contributed by atoms with Gasteiger partial charge in [-0.3, -0.25) is 4.79 Å². The van der Waals surface area contributed by atoms with Crippen LogP contribution in [0.4, 0.5) is 0 Å². The van der Waals surface area contributed by atoms with Crippen molar-refractivity contribution in [3.63, 3.8) is 0 Å². The van der Waals surface area contributed by atoms with Gasteiger partial charge in [-0.05, 0) is 74.0 Å². The summed E-state index contributed by atoms with van der Waals surface area (Å²) in [6, 6.07) is 0. The van der Waals surface area contributed by atoms with Gasteiger partial charge in [0.25, 0.3) is 0 Å². The summed E-state index contributed by atoms with van der Waals surface area (Å²) in [6.45, 7) is 0. The van der Waals surface area contributed by atoms with Gasteiger partial charge in [0, 0.05) is 12.8 Å². The van der Waals surface area contributed by atoms with E-state index < -0.39 is 0 Å². The van der Waals surface area contributed by atoms with Crippen molar-refractivity contribution in [2.45, 2.75) is 116 Å². The zero-order chi connectivity index (χ0) is 16.6. The Morgan fingerprint density at radius 1 is 0.760 bits per heavy atom. The summed E-state index contributed by atoms with van der Waals surface area (Å²) in [4.78, 5) is 12.4. The zero-order valence-electron chi connectivity index (χ0n) is 15.4. The molecular formula is C23H40O2. The fraction of sp³-hybridized carbons (Fsp3) is 0.957. The molecule has 0 radical (unpaired) electrons. The number of hydrogen-bond acceptors (Lipinski definition) is 2. The Labute approximate surface area is 155 Å². The van der Waals surface area contributed by atoms with Gasteiger partial charge in [-0.1, -0.05) is 46.0 Å². The van der Waals surface area contributed by atoms with Crippen LogP contribution < -0.4 is 0 Å². The maximum absolute atomic E-state index is 12.4. The van der Waals surface area contributed by atoms with E-state index in [-0.39, 0.29) is 13.5 Å². The van der Waals surface area contributed by atoms with Crippen molar-refractivity contribution >= 4 is 5.78 Å². The van der Waals surface area contributed by atoms with E-state index in [2.05, 4.69) is 0 Å². The lowest BCUT2D eigenvalue weighted by atomic mass is 9.47. The molecule has 4 aliphatic carbocycles. The third-order valence-electron chi connectivity index (χ3n) is 8.61. The SMILES string of the molecule is C.O=C1CCC2(CCCCC2)C(C2CC(O)CCC23CCCCC3)C1. The number of aliphatic hydroxyl groups is 1. The first kappa shape index (κ1) is 19.4. The molecule has 0 bridgehead atoms. The van der Waals surface area contributed by atoms with Crippen LogP contribution in [0.2, 0.25) is 0 Å². The number of aliphatic hydroxyl groups excluding tert-OH is 1. The lowest BCUT2D eigenvalue weighted by molar-refractivity contribution is -0.137. The molecule has 4 fully saturated rings. The predicted molar refractivity (Wildman–Crippen MR) is 103 cm³/mol. The van der Waals surface area contributed by atoms with Crippen LogP contribution in [0.1, 0.15) is 110 Å². The summed E-state index contributed by atoms with van der Waals surface area (Å²) in [5, 5.41) is 10.5. The molecular weight excluding hydrogens is 308 g/mol. The van der Waals surface area contributed by atoms with Gasteiger partial charge in [-0.25, -0.2) is 0 Å². The van der Waals surface area contributed by atoms with Crippen LogP contribution in [0.15, 0.2) is 0 Å². The molecule has 0 heterocycles. The van der Waals surface area contributed by atoms with Gasteiger partial charge in [0.05, 0.1) is 6.10 Å². The quantitative estimate of drug-likeness (QED) is 0.626. The van der Waals surface area contributed by atoms with Gasteiger partial charge in [0.15, 0.2) is 0 Å². The first-order chi connectivity index (χ1) is 11.6. The molecule has 4 aliphatic rings. The third kappa shape index (κ3) is 3.57. The van der Waals surface area contributed by atoms with Crippen LogP contribution in [-0.4, -0.2) is 17.0 Å². The highest BCUT2D eigenvalue weighted by Gasteiger charge is 2.54. The number of carbonyl (C=O) groups is 1.